The lowest BCUT2D eigenvalue weighted by molar-refractivity contribution is -0.122. The van der Waals surface area contributed by atoms with Crippen LogP contribution in [-0.2, 0) is 21.4 Å². The quantitative estimate of drug-likeness (QED) is 0.561. The predicted octanol–water partition coefficient (Wildman–Crippen LogP) is 3.92. The number of carbonyl (C=O) groups is 1. The predicted molar refractivity (Wildman–Crippen MR) is 126 cm³/mol. The van der Waals surface area contributed by atoms with E-state index in [1.807, 2.05) is 25.1 Å². The second-order valence-corrected chi connectivity index (χ2v) is 10.6. The number of hydrogen-bond acceptors (Lipinski definition) is 4. The monoisotopic (exact) mass is 455 g/mol. The van der Waals surface area contributed by atoms with E-state index in [0.29, 0.717) is 31.3 Å². The molecule has 3 rings (SSSR count). The molecular formula is C25H33N3O3S. The molecule has 2 aromatic rings. The third kappa shape index (κ3) is 6.50. The summed E-state index contributed by atoms with van der Waals surface area (Å²) >= 11 is 0. The fourth-order valence-electron chi connectivity index (χ4n) is 4.38. The van der Waals surface area contributed by atoms with Gasteiger partial charge >= 0.3 is 0 Å². The maximum Gasteiger partial charge on any atom is 0.240 e. The third-order valence-corrected chi connectivity index (χ3v) is 7.71. The molecule has 1 heterocycles. The second-order valence-electron chi connectivity index (χ2n) is 8.88. The van der Waals surface area contributed by atoms with Crippen molar-refractivity contribution in [3.8, 4) is 0 Å². The molecule has 1 amide bonds. The van der Waals surface area contributed by atoms with E-state index in [1.54, 1.807) is 36.5 Å². The Morgan fingerprint density at radius 2 is 1.84 bits per heavy atom. The summed E-state index contributed by atoms with van der Waals surface area (Å²) in [6, 6.07) is 14.1. The molecule has 2 N–H and O–H groups in total. The summed E-state index contributed by atoms with van der Waals surface area (Å²) in [4.78, 5) is 17.1. The zero-order valence-electron chi connectivity index (χ0n) is 19.0. The van der Waals surface area contributed by atoms with Crippen LogP contribution < -0.4 is 10.0 Å². The molecule has 0 radical (unpaired) electrons. The number of nitrogens with zero attached hydrogens (tertiary/aromatic N) is 1. The maximum absolute atomic E-state index is 12.6. The van der Waals surface area contributed by atoms with E-state index in [0.717, 1.165) is 17.7 Å². The zero-order chi connectivity index (χ0) is 23.1. The van der Waals surface area contributed by atoms with E-state index in [-0.39, 0.29) is 22.6 Å². The van der Waals surface area contributed by atoms with Crippen molar-refractivity contribution < 1.29 is 13.2 Å². The van der Waals surface area contributed by atoms with Gasteiger partial charge in [-0.2, -0.15) is 0 Å². The lowest BCUT2D eigenvalue weighted by atomic mass is 9.70. The van der Waals surface area contributed by atoms with E-state index in [2.05, 4.69) is 34.9 Å². The number of benzene rings is 1. The van der Waals surface area contributed by atoms with Gasteiger partial charge in [0.05, 0.1) is 17.1 Å². The average molecular weight is 456 g/mol. The highest BCUT2D eigenvalue weighted by atomic mass is 32.2. The molecule has 0 bridgehead atoms. The molecule has 6 nitrogen and oxygen atoms in total. The average Bonchev–Trinajstić information content (AvgIpc) is 2.79. The van der Waals surface area contributed by atoms with Gasteiger partial charge in [-0.15, -0.1) is 0 Å². The SMILES string of the molecule is CC1=CC(CNS(=O)(=O)c2ccccc2)C(C(C)C)CC1CC(=O)NCc1ccccn1. The summed E-state index contributed by atoms with van der Waals surface area (Å²) < 4.78 is 28.1. The largest absolute Gasteiger partial charge is 0.350 e. The molecule has 172 valence electrons. The highest BCUT2D eigenvalue weighted by Crippen LogP contribution is 2.38. The molecule has 1 aromatic heterocycles. The summed E-state index contributed by atoms with van der Waals surface area (Å²) in [6.07, 6.45) is 5.18. The Hall–Kier alpha value is -2.51. The summed E-state index contributed by atoms with van der Waals surface area (Å²) in [5.41, 5.74) is 1.99. The number of rotatable bonds is 9. The molecule has 0 saturated carbocycles. The minimum atomic E-state index is -3.54. The van der Waals surface area contributed by atoms with Gasteiger partial charge in [-0.25, -0.2) is 13.1 Å². The van der Waals surface area contributed by atoms with E-state index in [1.165, 1.54) is 0 Å². The van der Waals surface area contributed by atoms with E-state index < -0.39 is 10.0 Å². The molecule has 32 heavy (non-hydrogen) atoms. The minimum Gasteiger partial charge on any atom is -0.350 e. The molecule has 3 atom stereocenters. The van der Waals surface area contributed by atoms with E-state index in [9.17, 15) is 13.2 Å². The molecule has 0 saturated heterocycles. The van der Waals surface area contributed by atoms with Gasteiger partial charge in [-0.1, -0.05) is 49.8 Å². The van der Waals surface area contributed by atoms with Crippen molar-refractivity contribution in [3.05, 3.63) is 72.1 Å². The molecule has 7 heteroatoms. The van der Waals surface area contributed by atoms with Crippen molar-refractivity contribution in [1.29, 1.82) is 0 Å². The molecule has 1 aromatic carbocycles. The summed E-state index contributed by atoms with van der Waals surface area (Å²) in [5, 5.41) is 2.96. The molecule has 3 unspecified atom stereocenters. The Labute approximate surface area is 191 Å². The number of pyridine rings is 1. The van der Waals surface area contributed by atoms with Crippen molar-refractivity contribution in [2.45, 2.75) is 45.1 Å². The Morgan fingerprint density at radius 3 is 2.50 bits per heavy atom. The summed E-state index contributed by atoms with van der Waals surface area (Å²) in [5.74, 6) is 0.948. The first kappa shape index (κ1) is 24.1. The molecule has 1 aliphatic carbocycles. The number of allylic oxidation sites excluding steroid dienone is 1. The number of carbonyl (C=O) groups excluding carboxylic acids is 1. The second kappa shape index (κ2) is 10.9. The van der Waals surface area contributed by atoms with Crippen LogP contribution in [0, 0.1) is 23.7 Å². The summed E-state index contributed by atoms with van der Waals surface area (Å²) in [6.45, 7) is 7.15. The van der Waals surface area contributed by atoms with Gasteiger partial charge in [-0.05, 0) is 61.3 Å². The van der Waals surface area contributed by atoms with Crippen LogP contribution in [0.3, 0.4) is 0 Å². The number of hydrogen-bond donors (Lipinski definition) is 2. The number of sulfonamides is 1. The standard InChI is InChI=1S/C25H33N3O3S/c1-18(2)24-14-20(15-25(29)27-17-22-9-7-8-12-26-22)19(3)13-21(24)16-28-32(30,31)23-10-5-4-6-11-23/h4-13,18,20-21,24,28H,14-17H2,1-3H3,(H,27,29). The summed E-state index contributed by atoms with van der Waals surface area (Å²) in [7, 11) is -3.54. The maximum atomic E-state index is 12.6. The number of aromatic nitrogens is 1. The fourth-order valence-corrected chi connectivity index (χ4v) is 5.48. The zero-order valence-corrected chi connectivity index (χ0v) is 19.8. The number of nitrogens with one attached hydrogen (secondary N) is 2. The van der Waals surface area contributed by atoms with Crippen LogP contribution in [0.1, 0.15) is 39.3 Å². The first-order chi connectivity index (χ1) is 15.3. The lowest BCUT2D eigenvalue weighted by Crippen LogP contribution is -2.37. The van der Waals surface area contributed by atoms with E-state index >= 15 is 0 Å². The molecule has 0 spiro atoms. The van der Waals surface area contributed by atoms with Crippen LogP contribution in [0.4, 0.5) is 0 Å². The Morgan fingerprint density at radius 1 is 1.12 bits per heavy atom. The van der Waals surface area contributed by atoms with Gasteiger partial charge in [0.1, 0.15) is 0 Å². The van der Waals surface area contributed by atoms with Gasteiger partial charge in [0, 0.05) is 19.2 Å². The van der Waals surface area contributed by atoms with Gasteiger partial charge in [0.15, 0.2) is 0 Å². The number of amides is 1. The van der Waals surface area contributed by atoms with Crippen molar-refractivity contribution in [1.82, 2.24) is 15.0 Å². The molecule has 0 fully saturated rings. The van der Waals surface area contributed by atoms with Crippen LogP contribution in [0.25, 0.3) is 0 Å². The molecule has 1 aliphatic rings. The van der Waals surface area contributed by atoms with Crippen LogP contribution in [-0.4, -0.2) is 25.9 Å². The van der Waals surface area contributed by atoms with Crippen LogP contribution >= 0.6 is 0 Å². The third-order valence-electron chi connectivity index (χ3n) is 6.27. The lowest BCUT2D eigenvalue weighted by Gasteiger charge is -2.37. The van der Waals surface area contributed by atoms with Gasteiger partial charge in [0.25, 0.3) is 0 Å². The van der Waals surface area contributed by atoms with E-state index in [4.69, 9.17) is 0 Å². The fraction of sp³-hybridized carbons (Fsp3) is 0.440. The van der Waals surface area contributed by atoms with Crippen LogP contribution in [0.2, 0.25) is 0 Å². The first-order valence-corrected chi connectivity index (χ1v) is 12.6. The van der Waals surface area contributed by atoms with Crippen molar-refractivity contribution in [2.24, 2.45) is 23.7 Å². The molecular weight excluding hydrogens is 422 g/mol. The topological polar surface area (TPSA) is 88.2 Å². The van der Waals surface area contributed by atoms with Crippen molar-refractivity contribution in [3.63, 3.8) is 0 Å². The van der Waals surface area contributed by atoms with Crippen molar-refractivity contribution in [2.75, 3.05) is 6.54 Å². The molecule has 0 aliphatic heterocycles. The smallest absolute Gasteiger partial charge is 0.240 e. The first-order valence-electron chi connectivity index (χ1n) is 11.2. The Bertz CT molecular complexity index is 1020. The van der Waals surface area contributed by atoms with Crippen LogP contribution in [0.15, 0.2) is 71.3 Å². The minimum absolute atomic E-state index is 0.0131. The Balaban J connectivity index is 1.62. The van der Waals surface area contributed by atoms with Gasteiger partial charge in [0.2, 0.25) is 15.9 Å². The van der Waals surface area contributed by atoms with Crippen LogP contribution in [0.5, 0.6) is 0 Å². The Kier molecular flexibility index (Phi) is 8.21. The van der Waals surface area contributed by atoms with Gasteiger partial charge in [-0.3, -0.25) is 9.78 Å². The highest BCUT2D eigenvalue weighted by Gasteiger charge is 2.33. The highest BCUT2D eigenvalue weighted by molar-refractivity contribution is 7.89. The van der Waals surface area contributed by atoms with Gasteiger partial charge < -0.3 is 5.32 Å². The van der Waals surface area contributed by atoms with Crippen molar-refractivity contribution >= 4 is 15.9 Å². The normalized spacial score (nSPS) is 21.2.